The van der Waals surface area contributed by atoms with Gasteiger partial charge in [-0.15, -0.1) is 0 Å². The van der Waals surface area contributed by atoms with Crippen LogP contribution in [0, 0.1) is 0 Å². The molecule has 0 bridgehead atoms. The number of hydrogen-bond donors (Lipinski definition) is 1. The van der Waals surface area contributed by atoms with Crippen molar-refractivity contribution in [2.24, 2.45) is 0 Å². The molecular formula is C8H7NO3S. The first kappa shape index (κ1) is 9.60. The SMILES string of the molecule is O=C(O)/C=C\[S@](=O)c1ccccn1. The second-order valence-corrected chi connectivity index (χ2v) is 3.39. The summed E-state index contributed by atoms with van der Waals surface area (Å²) in [7, 11) is -1.48. The van der Waals surface area contributed by atoms with Gasteiger partial charge in [0, 0.05) is 17.7 Å². The number of hydrogen-bond acceptors (Lipinski definition) is 3. The molecule has 1 aromatic rings. The minimum Gasteiger partial charge on any atom is -0.478 e. The van der Waals surface area contributed by atoms with Crippen LogP contribution in [0.2, 0.25) is 0 Å². The number of carboxylic acid groups (broad SMARTS) is 1. The van der Waals surface area contributed by atoms with Gasteiger partial charge in [-0.05, 0) is 12.1 Å². The number of aliphatic carboxylic acids is 1. The van der Waals surface area contributed by atoms with Crippen molar-refractivity contribution in [2.45, 2.75) is 5.03 Å². The van der Waals surface area contributed by atoms with E-state index in [2.05, 4.69) is 4.98 Å². The fourth-order valence-electron chi connectivity index (χ4n) is 0.656. The van der Waals surface area contributed by atoms with Crippen LogP contribution < -0.4 is 0 Å². The van der Waals surface area contributed by atoms with Gasteiger partial charge in [0.15, 0.2) is 0 Å². The Morgan fingerprint density at radius 3 is 2.85 bits per heavy atom. The molecule has 1 heterocycles. The van der Waals surface area contributed by atoms with E-state index in [0.29, 0.717) is 5.03 Å². The Balaban J connectivity index is 2.76. The number of carbonyl (C=O) groups is 1. The smallest absolute Gasteiger partial charge is 0.328 e. The zero-order chi connectivity index (χ0) is 9.68. The van der Waals surface area contributed by atoms with Crippen LogP contribution in [0.1, 0.15) is 0 Å². The van der Waals surface area contributed by atoms with Crippen molar-refractivity contribution in [1.82, 2.24) is 4.98 Å². The summed E-state index contributed by atoms with van der Waals surface area (Å²) in [5.74, 6) is -1.12. The highest BCUT2D eigenvalue weighted by Crippen LogP contribution is 2.01. The molecule has 0 unspecified atom stereocenters. The van der Waals surface area contributed by atoms with E-state index in [4.69, 9.17) is 5.11 Å². The molecule has 0 amide bonds. The maximum Gasteiger partial charge on any atom is 0.328 e. The van der Waals surface area contributed by atoms with Crippen LogP contribution in [0.15, 0.2) is 40.9 Å². The lowest BCUT2D eigenvalue weighted by molar-refractivity contribution is -0.131. The summed E-state index contributed by atoms with van der Waals surface area (Å²) in [5, 5.41) is 9.70. The lowest BCUT2D eigenvalue weighted by Crippen LogP contribution is -1.92. The highest BCUT2D eigenvalue weighted by atomic mass is 32.2. The molecule has 0 saturated carbocycles. The Morgan fingerprint density at radius 2 is 2.31 bits per heavy atom. The van der Waals surface area contributed by atoms with Crippen LogP contribution in [-0.4, -0.2) is 20.3 Å². The van der Waals surface area contributed by atoms with E-state index in [1.165, 1.54) is 6.20 Å². The summed E-state index contributed by atoms with van der Waals surface area (Å²) < 4.78 is 11.2. The van der Waals surface area contributed by atoms with E-state index in [1.807, 2.05) is 0 Å². The van der Waals surface area contributed by atoms with Crippen LogP contribution in [0.4, 0.5) is 0 Å². The normalized spacial score (nSPS) is 12.9. The standard InChI is InChI=1S/C8H7NO3S/c10-8(11)4-6-13(12)7-3-1-2-5-9-7/h1-6H,(H,10,11)/b6-4-/t13-/m0/s1. The Hall–Kier alpha value is -1.49. The quantitative estimate of drug-likeness (QED) is 0.727. The average molecular weight is 197 g/mol. The van der Waals surface area contributed by atoms with Crippen LogP contribution in [0.3, 0.4) is 0 Å². The molecule has 0 aliphatic rings. The van der Waals surface area contributed by atoms with E-state index >= 15 is 0 Å². The predicted molar refractivity (Wildman–Crippen MR) is 47.4 cm³/mol. The van der Waals surface area contributed by atoms with E-state index in [1.54, 1.807) is 18.2 Å². The summed E-state index contributed by atoms with van der Waals surface area (Å²) in [4.78, 5) is 13.9. The minimum absolute atomic E-state index is 0.347. The topological polar surface area (TPSA) is 67.3 Å². The van der Waals surface area contributed by atoms with Gasteiger partial charge in [-0.1, -0.05) is 6.07 Å². The number of carboxylic acids is 1. The average Bonchev–Trinajstić information content (AvgIpc) is 2.15. The fraction of sp³-hybridized carbons (Fsp3) is 0. The van der Waals surface area contributed by atoms with Crippen molar-refractivity contribution in [3.05, 3.63) is 35.9 Å². The highest BCUT2D eigenvalue weighted by molar-refractivity contribution is 7.87. The third-order valence-corrected chi connectivity index (χ3v) is 2.22. The first-order valence-corrected chi connectivity index (χ1v) is 4.64. The van der Waals surface area contributed by atoms with Crippen LogP contribution in [-0.2, 0) is 15.6 Å². The van der Waals surface area contributed by atoms with E-state index in [9.17, 15) is 9.00 Å². The van der Waals surface area contributed by atoms with Crippen LogP contribution >= 0.6 is 0 Å². The van der Waals surface area contributed by atoms with Gasteiger partial charge in [0.05, 0.1) is 10.8 Å². The van der Waals surface area contributed by atoms with Crippen molar-refractivity contribution in [3.63, 3.8) is 0 Å². The molecule has 1 aromatic heterocycles. The first-order valence-electron chi connectivity index (χ1n) is 3.43. The summed E-state index contributed by atoms with van der Waals surface area (Å²) in [6.45, 7) is 0. The third-order valence-electron chi connectivity index (χ3n) is 1.18. The highest BCUT2D eigenvalue weighted by Gasteiger charge is 1.99. The molecular weight excluding hydrogens is 190 g/mol. The third kappa shape index (κ3) is 3.16. The Morgan fingerprint density at radius 1 is 1.54 bits per heavy atom. The summed E-state index contributed by atoms with van der Waals surface area (Å²) >= 11 is 0. The largest absolute Gasteiger partial charge is 0.478 e. The number of nitrogens with zero attached hydrogens (tertiary/aromatic N) is 1. The molecule has 0 spiro atoms. The monoisotopic (exact) mass is 197 g/mol. The van der Waals surface area contributed by atoms with Crippen LogP contribution in [0.5, 0.6) is 0 Å². The lowest BCUT2D eigenvalue weighted by atomic mass is 10.5. The van der Waals surface area contributed by atoms with Gasteiger partial charge in [-0.3, -0.25) is 0 Å². The van der Waals surface area contributed by atoms with Crippen molar-refractivity contribution in [1.29, 1.82) is 0 Å². The molecule has 5 heteroatoms. The molecule has 0 radical (unpaired) electrons. The maximum atomic E-state index is 11.2. The molecule has 13 heavy (non-hydrogen) atoms. The van der Waals surface area contributed by atoms with Crippen molar-refractivity contribution in [3.8, 4) is 0 Å². The van der Waals surface area contributed by atoms with Gasteiger partial charge in [-0.25, -0.2) is 14.0 Å². The van der Waals surface area contributed by atoms with Crippen molar-refractivity contribution >= 4 is 16.8 Å². The molecule has 0 aromatic carbocycles. The second-order valence-electron chi connectivity index (χ2n) is 2.11. The Labute approximate surface area is 77.4 Å². The van der Waals surface area contributed by atoms with Crippen molar-refractivity contribution < 1.29 is 14.1 Å². The molecule has 0 saturated heterocycles. The van der Waals surface area contributed by atoms with Gasteiger partial charge >= 0.3 is 5.97 Å². The molecule has 0 fully saturated rings. The minimum atomic E-state index is -1.48. The Kier molecular flexibility index (Phi) is 3.33. The zero-order valence-corrected chi connectivity index (χ0v) is 7.40. The van der Waals surface area contributed by atoms with E-state index in [-0.39, 0.29) is 0 Å². The first-order chi connectivity index (χ1) is 6.20. The van der Waals surface area contributed by atoms with Gasteiger partial charge in [-0.2, -0.15) is 0 Å². The van der Waals surface area contributed by atoms with Crippen molar-refractivity contribution in [2.75, 3.05) is 0 Å². The molecule has 1 atom stereocenters. The lowest BCUT2D eigenvalue weighted by Gasteiger charge is -1.92. The van der Waals surface area contributed by atoms with Gasteiger partial charge < -0.3 is 5.11 Å². The molecule has 1 N–H and O–H groups in total. The summed E-state index contributed by atoms with van der Waals surface area (Å²) in [6, 6.07) is 4.96. The molecule has 68 valence electrons. The maximum absolute atomic E-state index is 11.2. The molecule has 0 aliphatic heterocycles. The predicted octanol–water partition coefficient (Wildman–Crippen LogP) is 0.787. The van der Waals surface area contributed by atoms with Gasteiger partial charge in [0.25, 0.3) is 0 Å². The summed E-state index contributed by atoms with van der Waals surface area (Å²) in [5.41, 5.74) is 0. The van der Waals surface area contributed by atoms with Crippen LogP contribution in [0.25, 0.3) is 0 Å². The van der Waals surface area contributed by atoms with E-state index in [0.717, 1.165) is 11.5 Å². The van der Waals surface area contributed by atoms with E-state index < -0.39 is 16.8 Å². The van der Waals surface area contributed by atoms with Gasteiger partial charge in [0.2, 0.25) is 0 Å². The second kappa shape index (κ2) is 4.51. The fourth-order valence-corrected chi connectivity index (χ4v) is 1.41. The molecule has 4 nitrogen and oxygen atoms in total. The molecule has 1 rings (SSSR count). The summed E-state index contributed by atoms with van der Waals surface area (Å²) in [6.07, 6.45) is 2.34. The Bertz CT molecular complexity index is 348. The number of pyridine rings is 1. The molecule has 0 aliphatic carbocycles. The zero-order valence-electron chi connectivity index (χ0n) is 6.58. The van der Waals surface area contributed by atoms with Gasteiger partial charge in [0.1, 0.15) is 5.03 Å². The number of rotatable bonds is 3. The number of aromatic nitrogens is 1.